The van der Waals surface area contributed by atoms with E-state index in [0.29, 0.717) is 17.2 Å². The molecule has 0 aliphatic carbocycles. The molecular weight excluding hydrogens is 270 g/mol. The second-order valence-corrected chi connectivity index (χ2v) is 4.24. The number of benzene rings is 1. The Morgan fingerprint density at radius 3 is 2.95 bits per heavy atom. The van der Waals surface area contributed by atoms with E-state index in [4.69, 9.17) is 16.4 Å². The lowest BCUT2D eigenvalue weighted by Gasteiger charge is -2.16. The molecule has 2 rings (SSSR count). The minimum absolute atomic E-state index is 0.102. The fraction of sp³-hybridized carbons (Fsp3) is 0.154. The summed E-state index contributed by atoms with van der Waals surface area (Å²) in [6, 6.07) is 8.64. The number of hydrogen-bond acceptors (Lipinski definition) is 6. The molecule has 1 aromatic carbocycles. The van der Waals surface area contributed by atoms with Crippen molar-refractivity contribution in [2.75, 3.05) is 16.9 Å². The number of amidine groups is 2. The van der Waals surface area contributed by atoms with Crippen LogP contribution in [0.15, 0.2) is 34.4 Å². The Labute approximate surface area is 121 Å². The highest BCUT2D eigenvalue weighted by Gasteiger charge is 2.23. The summed E-state index contributed by atoms with van der Waals surface area (Å²) >= 11 is 0. The zero-order chi connectivity index (χ0) is 15.4. The number of nitriles is 1. The van der Waals surface area contributed by atoms with Crippen LogP contribution in [0.5, 0.6) is 0 Å². The predicted molar refractivity (Wildman–Crippen MR) is 80.5 cm³/mol. The molecule has 0 spiro atoms. The van der Waals surface area contributed by atoms with E-state index in [1.165, 1.54) is 4.90 Å². The second-order valence-electron chi connectivity index (χ2n) is 4.24. The molecule has 1 aromatic rings. The van der Waals surface area contributed by atoms with Crippen LogP contribution in [0, 0.1) is 16.7 Å². The number of anilines is 2. The smallest absolute Gasteiger partial charge is 0.254 e. The van der Waals surface area contributed by atoms with Crippen LogP contribution in [0.1, 0.15) is 6.92 Å². The van der Waals surface area contributed by atoms with Gasteiger partial charge in [0.1, 0.15) is 18.4 Å². The quantitative estimate of drug-likeness (QED) is 0.426. The first-order chi connectivity index (χ1) is 10.0. The van der Waals surface area contributed by atoms with Crippen molar-refractivity contribution in [1.29, 1.82) is 10.7 Å². The van der Waals surface area contributed by atoms with Crippen molar-refractivity contribution in [1.82, 2.24) is 0 Å². The van der Waals surface area contributed by atoms with Gasteiger partial charge in [0.05, 0.1) is 11.4 Å². The second kappa shape index (κ2) is 5.83. The molecule has 106 valence electrons. The lowest BCUT2D eigenvalue weighted by molar-refractivity contribution is -0.115. The van der Waals surface area contributed by atoms with Crippen molar-refractivity contribution in [3.63, 3.8) is 0 Å². The minimum atomic E-state index is -0.418. The number of nitrogens with two attached hydrogens (primary N) is 1. The monoisotopic (exact) mass is 283 g/mol. The van der Waals surface area contributed by atoms with Crippen LogP contribution in [0.4, 0.5) is 11.4 Å². The first kappa shape index (κ1) is 14.2. The Hall–Kier alpha value is -3.21. The van der Waals surface area contributed by atoms with Gasteiger partial charge in [0.25, 0.3) is 5.91 Å². The molecule has 0 radical (unpaired) electrons. The Morgan fingerprint density at radius 1 is 1.62 bits per heavy atom. The van der Waals surface area contributed by atoms with Gasteiger partial charge in [0, 0.05) is 0 Å². The summed E-state index contributed by atoms with van der Waals surface area (Å²) in [5.74, 6) is 0.107. The van der Waals surface area contributed by atoms with Crippen molar-refractivity contribution in [2.24, 2.45) is 15.8 Å². The number of carbonyl (C=O) groups excluding carboxylic acids is 1. The van der Waals surface area contributed by atoms with E-state index in [2.05, 4.69) is 15.5 Å². The highest BCUT2D eigenvalue weighted by Crippen LogP contribution is 2.22. The van der Waals surface area contributed by atoms with E-state index in [1.807, 2.05) is 0 Å². The molecule has 1 aliphatic rings. The fourth-order valence-corrected chi connectivity index (χ4v) is 1.82. The Bertz CT molecular complexity index is 699. The number of carbonyl (C=O) groups is 1. The summed E-state index contributed by atoms with van der Waals surface area (Å²) in [5.41, 5.74) is 8.84. The average molecular weight is 283 g/mol. The van der Waals surface area contributed by atoms with Crippen LogP contribution < -0.4 is 16.1 Å². The third kappa shape index (κ3) is 3.03. The Morgan fingerprint density at radius 2 is 2.38 bits per heavy atom. The van der Waals surface area contributed by atoms with E-state index < -0.39 is 5.84 Å². The molecule has 1 aliphatic heterocycles. The van der Waals surface area contributed by atoms with Crippen molar-refractivity contribution >= 4 is 34.7 Å². The number of nitrogens with zero attached hydrogens (tertiary/aromatic N) is 4. The number of amides is 1. The largest absolute Gasteiger partial charge is 0.382 e. The predicted octanol–water partition coefficient (Wildman–Crippen LogP) is 0.679. The van der Waals surface area contributed by atoms with Gasteiger partial charge in [-0.15, -0.1) is 0 Å². The van der Waals surface area contributed by atoms with Crippen molar-refractivity contribution < 1.29 is 4.79 Å². The molecule has 0 saturated carbocycles. The van der Waals surface area contributed by atoms with Crippen LogP contribution in [0.2, 0.25) is 0 Å². The maximum atomic E-state index is 11.8. The molecule has 0 atom stereocenters. The zero-order valence-electron chi connectivity index (χ0n) is 11.3. The van der Waals surface area contributed by atoms with Gasteiger partial charge in [-0.25, -0.2) is 0 Å². The first-order valence-electron chi connectivity index (χ1n) is 6.05. The van der Waals surface area contributed by atoms with E-state index >= 15 is 0 Å². The number of hydrazone groups is 1. The van der Waals surface area contributed by atoms with Crippen LogP contribution in [-0.2, 0) is 4.79 Å². The molecule has 4 N–H and O–H groups in total. The van der Waals surface area contributed by atoms with E-state index in [9.17, 15) is 4.79 Å². The van der Waals surface area contributed by atoms with Gasteiger partial charge >= 0.3 is 0 Å². The van der Waals surface area contributed by atoms with Gasteiger partial charge in [0.15, 0.2) is 5.84 Å². The number of hydrogen-bond donors (Lipinski definition) is 3. The van der Waals surface area contributed by atoms with Crippen LogP contribution in [-0.4, -0.2) is 29.8 Å². The molecule has 0 fully saturated rings. The van der Waals surface area contributed by atoms with Gasteiger partial charge < -0.3 is 5.73 Å². The molecule has 0 bridgehead atoms. The Kier molecular flexibility index (Phi) is 3.95. The van der Waals surface area contributed by atoms with E-state index in [-0.39, 0.29) is 18.2 Å². The number of rotatable bonds is 4. The van der Waals surface area contributed by atoms with Gasteiger partial charge in [-0.3, -0.25) is 25.5 Å². The summed E-state index contributed by atoms with van der Waals surface area (Å²) in [6.45, 7) is 1.90. The highest BCUT2D eigenvalue weighted by molar-refractivity contribution is 6.45. The molecule has 1 heterocycles. The topological polar surface area (TPSA) is 131 Å². The normalized spacial score (nSPS) is 14.7. The molecule has 8 nitrogen and oxygen atoms in total. The van der Waals surface area contributed by atoms with Gasteiger partial charge in [-0.2, -0.15) is 10.4 Å². The van der Waals surface area contributed by atoms with Gasteiger partial charge in [-0.05, 0) is 25.1 Å². The van der Waals surface area contributed by atoms with E-state index in [1.54, 1.807) is 37.3 Å². The standard InChI is InChI=1S/C13H13N7O/c1-8-17-7-12(21)20(8)10-4-2-3-9(5-10)18-19-11(6-14)13(15)16/h2-5,18H,7H2,1H3,(H3,15,16)/b19-11+. The molecular formula is C13H13N7O. The first-order valence-corrected chi connectivity index (χ1v) is 6.05. The third-order valence-corrected chi connectivity index (χ3v) is 2.78. The van der Waals surface area contributed by atoms with E-state index in [0.717, 1.165) is 0 Å². The summed E-state index contributed by atoms with van der Waals surface area (Å²) < 4.78 is 0. The van der Waals surface area contributed by atoms with Crippen LogP contribution in [0.25, 0.3) is 0 Å². The molecule has 0 aromatic heterocycles. The molecule has 0 saturated heterocycles. The molecule has 8 heteroatoms. The maximum Gasteiger partial charge on any atom is 0.254 e. The molecule has 1 amide bonds. The fourth-order valence-electron chi connectivity index (χ4n) is 1.82. The lowest BCUT2D eigenvalue weighted by atomic mass is 10.2. The Balaban J connectivity index is 2.23. The summed E-state index contributed by atoms with van der Waals surface area (Å²) in [6.07, 6.45) is 0. The molecule has 0 unspecified atom stereocenters. The van der Waals surface area contributed by atoms with Crippen molar-refractivity contribution in [3.05, 3.63) is 24.3 Å². The summed E-state index contributed by atoms with van der Waals surface area (Å²) in [4.78, 5) is 17.4. The summed E-state index contributed by atoms with van der Waals surface area (Å²) in [5, 5.41) is 19.7. The highest BCUT2D eigenvalue weighted by atomic mass is 16.2. The maximum absolute atomic E-state index is 11.8. The number of nitrogens with one attached hydrogen (secondary N) is 2. The van der Waals surface area contributed by atoms with Gasteiger partial charge in [-0.1, -0.05) is 6.07 Å². The SMILES string of the molecule is CC1=NCC(=O)N1c1cccc(N/N=C(\C#N)C(=N)N)c1. The van der Waals surface area contributed by atoms with Crippen molar-refractivity contribution in [2.45, 2.75) is 6.92 Å². The van der Waals surface area contributed by atoms with Crippen LogP contribution in [0.3, 0.4) is 0 Å². The lowest BCUT2D eigenvalue weighted by Crippen LogP contribution is -2.30. The average Bonchev–Trinajstić information content (AvgIpc) is 2.79. The van der Waals surface area contributed by atoms with Gasteiger partial charge in [0.2, 0.25) is 5.71 Å². The summed E-state index contributed by atoms with van der Waals surface area (Å²) in [7, 11) is 0. The number of aliphatic imine (C=N–C) groups is 1. The zero-order valence-corrected chi connectivity index (χ0v) is 11.3. The van der Waals surface area contributed by atoms with Crippen LogP contribution >= 0.6 is 0 Å². The minimum Gasteiger partial charge on any atom is -0.382 e. The van der Waals surface area contributed by atoms with Crippen molar-refractivity contribution in [3.8, 4) is 6.07 Å². The molecule has 21 heavy (non-hydrogen) atoms. The third-order valence-electron chi connectivity index (χ3n) is 2.78.